The van der Waals surface area contributed by atoms with Crippen molar-refractivity contribution in [2.24, 2.45) is 10.7 Å². The van der Waals surface area contributed by atoms with Crippen LogP contribution in [-0.2, 0) is 4.74 Å². The van der Waals surface area contributed by atoms with E-state index in [1.54, 1.807) is 17.8 Å². The summed E-state index contributed by atoms with van der Waals surface area (Å²) in [5.74, 6) is 0.997. The van der Waals surface area contributed by atoms with Crippen LogP contribution in [-0.4, -0.2) is 23.8 Å². The van der Waals surface area contributed by atoms with E-state index >= 15 is 0 Å². The molecular formula is C7H12N2OS. The minimum Gasteiger partial charge on any atom is -0.378 e. The lowest BCUT2D eigenvalue weighted by atomic mass is 10.4. The number of nitrogens with zero attached hydrogens (tertiary/aromatic N) is 1. The number of hydrogen-bond acceptors (Lipinski definition) is 4. The summed E-state index contributed by atoms with van der Waals surface area (Å²) in [5.41, 5.74) is 5.50. The summed E-state index contributed by atoms with van der Waals surface area (Å²) in [6.45, 7) is 4.10. The molecule has 0 saturated heterocycles. The largest absolute Gasteiger partial charge is 0.378 e. The van der Waals surface area contributed by atoms with E-state index in [0.717, 1.165) is 12.2 Å². The molecule has 0 aromatic carbocycles. The third kappa shape index (κ3) is 2.95. The summed E-state index contributed by atoms with van der Waals surface area (Å²) < 4.78 is 5.30. The van der Waals surface area contributed by atoms with Gasteiger partial charge in [0.05, 0.1) is 6.61 Å². The Morgan fingerprint density at radius 2 is 2.73 bits per heavy atom. The maximum absolute atomic E-state index is 5.50. The fourth-order valence-electron chi connectivity index (χ4n) is 0.808. The lowest BCUT2D eigenvalue weighted by Gasteiger charge is -2.17. The van der Waals surface area contributed by atoms with Crippen LogP contribution in [0.15, 0.2) is 17.6 Å². The van der Waals surface area contributed by atoms with E-state index in [-0.39, 0.29) is 6.23 Å². The zero-order chi connectivity index (χ0) is 8.10. The predicted octanol–water partition coefficient (Wildman–Crippen LogP) is 0.967. The van der Waals surface area contributed by atoms with Gasteiger partial charge in [0.2, 0.25) is 0 Å². The smallest absolute Gasteiger partial charge is 0.156 e. The molecule has 1 rings (SSSR count). The molecule has 1 atom stereocenters. The highest BCUT2D eigenvalue weighted by Crippen LogP contribution is 2.15. The second kappa shape index (κ2) is 4.41. The van der Waals surface area contributed by atoms with Crippen molar-refractivity contribution in [2.45, 2.75) is 12.6 Å². The first kappa shape index (κ1) is 8.62. The summed E-state index contributed by atoms with van der Waals surface area (Å²) >= 11 is 1.58. The fourth-order valence-corrected chi connectivity index (χ4v) is 1.53. The minimum atomic E-state index is -0.0470. The van der Waals surface area contributed by atoms with E-state index in [2.05, 4.69) is 11.6 Å². The van der Waals surface area contributed by atoms with Crippen molar-refractivity contribution in [3.8, 4) is 0 Å². The average Bonchev–Trinajstić information content (AvgIpc) is 2.01. The number of rotatable bonds is 3. The van der Waals surface area contributed by atoms with Gasteiger partial charge < -0.3 is 10.5 Å². The molecule has 3 nitrogen and oxygen atoms in total. The highest BCUT2D eigenvalue weighted by Gasteiger charge is 2.12. The maximum Gasteiger partial charge on any atom is 0.156 e. The Hall–Kier alpha value is -0.480. The number of ether oxygens (including phenoxy) is 1. The second-order valence-corrected chi connectivity index (χ2v) is 3.30. The summed E-state index contributed by atoms with van der Waals surface area (Å²) in [7, 11) is 0. The van der Waals surface area contributed by atoms with Gasteiger partial charge in [-0.15, -0.1) is 6.58 Å². The van der Waals surface area contributed by atoms with Crippen molar-refractivity contribution in [1.82, 2.24) is 0 Å². The third-order valence-electron chi connectivity index (χ3n) is 1.29. The Kier molecular flexibility index (Phi) is 3.45. The van der Waals surface area contributed by atoms with E-state index in [4.69, 9.17) is 10.5 Å². The van der Waals surface area contributed by atoms with Crippen LogP contribution in [0.4, 0.5) is 0 Å². The van der Waals surface area contributed by atoms with Crippen LogP contribution in [0.25, 0.3) is 0 Å². The highest BCUT2D eigenvalue weighted by atomic mass is 32.2. The third-order valence-corrected chi connectivity index (χ3v) is 2.13. The van der Waals surface area contributed by atoms with E-state index in [1.807, 2.05) is 0 Å². The molecular weight excluding hydrogens is 160 g/mol. The van der Waals surface area contributed by atoms with Crippen LogP contribution in [0.3, 0.4) is 0 Å². The zero-order valence-electron chi connectivity index (χ0n) is 6.32. The van der Waals surface area contributed by atoms with Gasteiger partial charge in [-0.05, 0) is 0 Å². The lowest BCUT2D eigenvalue weighted by Crippen LogP contribution is -2.22. The normalized spacial score (nSPS) is 24.4. The molecule has 0 bridgehead atoms. The number of aliphatic imine (C=N–C) groups is 1. The number of thioether (sulfide) groups is 1. The van der Waals surface area contributed by atoms with Crippen LogP contribution < -0.4 is 5.73 Å². The van der Waals surface area contributed by atoms with Gasteiger partial charge >= 0.3 is 0 Å². The molecule has 4 heteroatoms. The monoisotopic (exact) mass is 172 g/mol. The SMILES string of the molecule is C=CCOC1CCSC(N)=N1. The predicted molar refractivity (Wildman–Crippen MR) is 48.6 cm³/mol. The van der Waals surface area contributed by atoms with Gasteiger partial charge in [0.1, 0.15) is 0 Å². The van der Waals surface area contributed by atoms with Crippen LogP contribution in [0.2, 0.25) is 0 Å². The van der Waals surface area contributed by atoms with Gasteiger partial charge in [0, 0.05) is 12.2 Å². The Morgan fingerprint density at radius 1 is 1.91 bits per heavy atom. The van der Waals surface area contributed by atoms with Crippen LogP contribution in [0.5, 0.6) is 0 Å². The Morgan fingerprint density at radius 3 is 3.36 bits per heavy atom. The average molecular weight is 172 g/mol. The topological polar surface area (TPSA) is 47.6 Å². The fraction of sp³-hybridized carbons (Fsp3) is 0.571. The van der Waals surface area contributed by atoms with Crippen molar-refractivity contribution < 1.29 is 4.74 Å². The Bertz CT molecular complexity index is 170. The van der Waals surface area contributed by atoms with Gasteiger partial charge in [-0.3, -0.25) is 0 Å². The molecule has 0 aromatic rings. The molecule has 0 spiro atoms. The molecule has 1 aliphatic rings. The van der Waals surface area contributed by atoms with Gasteiger partial charge in [-0.1, -0.05) is 17.8 Å². The molecule has 0 aliphatic carbocycles. The quantitative estimate of drug-likeness (QED) is 0.645. The van der Waals surface area contributed by atoms with Crippen LogP contribution in [0, 0.1) is 0 Å². The van der Waals surface area contributed by atoms with E-state index < -0.39 is 0 Å². The van der Waals surface area contributed by atoms with Gasteiger partial charge in [0.25, 0.3) is 0 Å². The first-order chi connectivity index (χ1) is 5.33. The van der Waals surface area contributed by atoms with E-state index in [9.17, 15) is 0 Å². The summed E-state index contributed by atoms with van der Waals surface area (Å²) in [5, 5.41) is 0.630. The molecule has 1 unspecified atom stereocenters. The van der Waals surface area contributed by atoms with Gasteiger partial charge in [-0.25, -0.2) is 4.99 Å². The minimum absolute atomic E-state index is 0.0470. The summed E-state index contributed by atoms with van der Waals surface area (Å²) in [6, 6.07) is 0. The molecule has 0 radical (unpaired) electrons. The molecule has 2 N–H and O–H groups in total. The molecule has 0 aromatic heterocycles. The molecule has 1 heterocycles. The molecule has 11 heavy (non-hydrogen) atoms. The van der Waals surface area contributed by atoms with Crippen molar-refractivity contribution in [3.63, 3.8) is 0 Å². The molecule has 1 aliphatic heterocycles. The van der Waals surface area contributed by atoms with E-state index in [1.165, 1.54) is 0 Å². The van der Waals surface area contributed by atoms with Crippen molar-refractivity contribution in [2.75, 3.05) is 12.4 Å². The van der Waals surface area contributed by atoms with Crippen molar-refractivity contribution in [1.29, 1.82) is 0 Å². The maximum atomic E-state index is 5.50. The Labute approximate surface area is 70.7 Å². The first-order valence-corrected chi connectivity index (χ1v) is 4.50. The standard InChI is InChI=1S/C7H12N2OS/c1-2-4-10-6-3-5-11-7(8)9-6/h2,6H,1,3-5H2,(H2,8,9). The summed E-state index contributed by atoms with van der Waals surface area (Å²) in [6.07, 6.45) is 2.61. The highest BCUT2D eigenvalue weighted by molar-refractivity contribution is 8.13. The zero-order valence-corrected chi connectivity index (χ0v) is 7.14. The molecule has 0 amide bonds. The number of amidine groups is 1. The van der Waals surface area contributed by atoms with Crippen LogP contribution >= 0.6 is 11.8 Å². The Balaban J connectivity index is 2.33. The lowest BCUT2D eigenvalue weighted by molar-refractivity contribution is 0.0790. The molecule has 0 saturated carbocycles. The molecule has 62 valence electrons. The van der Waals surface area contributed by atoms with Crippen LogP contribution in [0.1, 0.15) is 6.42 Å². The van der Waals surface area contributed by atoms with Crippen molar-refractivity contribution in [3.05, 3.63) is 12.7 Å². The van der Waals surface area contributed by atoms with Crippen molar-refractivity contribution >= 4 is 16.9 Å². The number of nitrogens with two attached hydrogens (primary N) is 1. The number of hydrogen-bond donors (Lipinski definition) is 1. The first-order valence-electron chi connectivity index (χ1n) is 3.51. The molecule has 0 fully saturated rings. The van der Waals surface area contributed by atoms with E-state index in [0.29, 0.717) is 11.8 Å². The van der Waals surface area contributed by atoms with Gasteiger partial charge in [0.15, 0.2) is 11.4 Å². The summed E-state index contributed by atoms with van der Waals surface area (Å²) in [4.78, 5) is 4.11. The second-order valence-electron chi connectivity index (χ2n) is 2.18. The van der Waals surface area contributed by atoms with Gasteiger partial charge in [-0.2, -0.15) is 0 Å².